The van der Waals surface area contributed by atoms with E-state index in [1.165, 1.54) is 92.4 Å². The van der Waals surface area contributed by atoms with Crippen molar-refractivity contribution in [3.8, 4) is 11.3 Å². The fourth-order valence-corrected chi connectivity index (χ4v) is 7.47. The molecule has 6 heteroatoms. The normalized spacial score (nSPS) is 19.4. The van der Waals surface area contributed by atoms with Gasteiger partial charge < -0.3 is 19.5 Å². The monoisotopic (exact) mass is 533 g/mol. The highest BCUT2D eigenvalue weighted by Crippen LogP contribution is 2.48. The fraction of sp³-hybridized carbons (Fsp3) is 0.531. The average molecular weight is 534 g/mol. The minimum atomic E-state index is -0.863. The summed E-state index contributed by atoms with van der Waals surface area (Å²) in [4.78, 5) is 17.0. The summed E-state index contributed by atoms with van der Waals surface area (Å²) in [6.07, 6.45) is 10.0. The predicted octanol–water partition coefficient (Wildman–Crippen LogP) is 7.65. The van der Waals surface area contributed by atoms with Gasteiger partial charge in [-0.05, 0) is 99.5 Å². The minimum absolute atomic E-state index is 0.365. The molecule has 0 bridgehead atoms. The van der Waals surface area contributed by atoms with E-state index >= 15 is 0 Å². The first-order valence-corrected chi connectivity index (χ1v) is 15.1. The minimum Gasteiger partial charge on any atom is -0.478 e. The van der Waals surface area contributed by atoms with Crippen LogP contribution in [0.4, 0.5) is 5.69 Å². The summed E-state index contributed by atoms with van der Waals surface area (Å²) in [6, 6.07) is 12.2. The van der Waals surface area contributed by atoms with Gasteiger partial charge in [0.25, 0.3) is 0 Å². The summed E-state index contributed by atoms with van der Waals surface area (Å²) in [5, 5.41) is 11.8. The number of benzene rings is 2. The van der Waals surface area contributed by atoms with E-state index in [9.17, 15) is 9.90 Å². The molecule has 0 amide bonds. The Hall–Kier alpha value is -2.50. The molecule has 3 aliphatic rings. The first kappa shape index (κ1) is 25.8. The van der Waals surface area contributed by atoms with Crippen molar-refractivity contribution >= 4 is 34.2 Å². The molecule has 1 N–H and O–H groups in total. The van der Waals surface area contributed by atoms with Crippen molar-refractivity contribution in [1.82, 2.24) is 9.47 Å². The molecule has 1 aromatic heterocycles. The Morgan fingerprint density at radius 3 is 2.50 bits per heavy atom. The Morgan fingerprint density at radius 2 is 1.76 bits per heavy atom. The molecule has 1 aliphatic carbocycles. The van der Waals surface area contributed by atoms with Crippen molar-refractivity contribution < 1.29 is 9.90 Å². The van der Waals surface area contributed by atoms with Crippen molar-refractivity contribution in [2.75, 3.05) is 37.6 Å². The smallest absolute Gasteiger partial charge is 0.335 e. The molecule has 2 aromatic carbocycles. The third kappa shape index (κ3) is 4.84. The number of carboxylic acids is 1. The molecule has 38 heavy (non-hydrogen) atoms. The van der Waals surface area contributed by atoms with Crippen LogP contribution in [0.15, 0.2) is 36.4 Å². The maximum absolute atomic E-state index is 11.9. The second kappa shape index (κ2) is 10.9. The lowest BCUT2D eigenvalue weighted by atomic mass is 9.81. The number of carboxylic acid groups (broad SMARTS) is 1. The van der Waals surface area contributed by atoms with Gasteiger partial charge in [0.05, 0.1) is 11.3 Å². The molecular formula is C32H40ClN3O2. The van der Waals surface area contributed by atoms with Gasteiger partial charge in [0.1, 0.15) is 0 Å². The topological polar surface area (TPSA) is 48.7 Å². The maximum Gasteiger partial charge on any atom is 0.335 e. The van der Waals surface area contributed by atoms with Gasteiger partial charge in [-0.1, -0.05) is 43.9 Å². The van der Waals surface area contributed by atoms with Crippen LogP contribution in [-0.2, 0) is 6.54 Å². The highest BCUT2D eigenvalue weighted by molar-refractivity contribution is 6.31. The second-order valence-corrected chi connectivity index (χ2v) is 12.0. The Kier molecular flexibility index (Phi) is 7.41. The number of carbonyl (C=O) groups is 1. The molecule has 0 atom stereocenters. The van der Waals surface area contributed by atoms with Gasteiger partial charge in [-0.3, -0.25) is 0 Å². The van der Waals surface area contributed by atoms with E-state index in [2.05, 4.69) is 39.5 Å². The van der Waals surface area contributed by atoms with Crippen LogP contribution in [0.5, 0.6) is 0 Å². The van der Waals surface area contributed by atoms with Crippen LogP contribution in [0.3, 0.4) is 0 Å². The standard InChI is InChI=1S/C32H40ClN3O2/c1-2-34-15-12-22(13-16-34)14-17-35-18-19-36-29-20-24(32(37)38)8-10-26(29)30(23-6-4-3-5-7-23)31(36)27-11-9-25(33)21-28(27)35/h8-11,20-23H,2-7,12-19H2,1H3,(H,37,38). The third-order valence-electron chi connectivity index (χ3n) is 9.47. The number of piperidine rings is 1. The maximum atomic E-state index is 11.9. The zero-order chi connectivity index (χ0) is 26.2. The molecular weight excluding hydrogens is 494 g/mol. The highest BCUT2D eigenvalue weighted by Gasteiger charge is 2.31. The molecule has 2 fully saturated rings. The molecule has 3 heterocycles. The van der Waals surface area contributed by atoms with Gasteiger partial charge >= 0.3 is 5.97 Å². The Bertz CT molecular complexity index is 1320. The number of hydrogen-bond acceptors (Lipinski definition) is 3. The number of rotatable bonds is 6. The quantitative estimate of drug-likeness (QED) is 0.353. The van der Waals surface area contributed by atoms with E-state index in [-0.39, 0.29) is 0 Å². The number of fused-ring (bicyclic) bond motifs is 5. The summed E-state index contributed by atoms with van der Waals surface area (Å²) < 4.78 is 2.43. The molecule has 5 nitrogen and oxygen atoms in total. The van der Waals surface area contributed by atoms with Gasteiger partial charge in [0.15, 0.2) is 0 Å². The summed E-state index contributed by atoms with van der Waals surface area (Å²) in [7, 11) is 0. The van der Waals surface area contributed by atoms with Crippen molar-refractivity contribution in [2.45, 2.75) is 70.8 Å². The fourth-order valence-electron chi connectivity index (χ4n) is 7.31. The van der Waals surface area contributed by atoms with Crippen LogP contribution in [-0.4, -0.2) is 53.3 Å². The number of halogens is 1. The molecule has 6 rings (SSSR count). The Labute approximate surface area is 231 Å². The second-order valence-electron chi connectivity index (χ2n) is 11.6. The molecule has 0 spiro atoms. The van der Waals surface area contributed by atoms with E-state index in [0.717, 1.165) is 42.6 Å². The van der Waals surface area contributed by atoms with E-state index in [0.29, 0.717) is 11.5 Å². The van der Waals surface area contributed by atoms with Crippen LogP contribution in [0.2, 0.25) is 5.02 Å². The third-order valence-corrected chi connectivity index (χ3v) is 9.71. The van der Waals surface area contributed by atoms with E-state index in [4.69, 9.17) is 11.6 Å². The van der Waals surface area contributed by atoms with Crippen LogP contribution in [0.25, 0.3) is 22.2 Å². The summed E-state index contributed by atoms with van der Waals surface area (Å²) in [5.41, 5.74) is 6.63. The summed E-state index contributed by atoms with van der Waals surface area (Å²) >= 11 is 6.62. The number of anilines is 1. The number of aromatic nitrogens is 1. The summed E-state index contributed by atoms with van der Waals surface area (Å²) in [5.74, 6) is 0.426. The molecule has 1 saturated heterocycles. The van der Waals surface area contributed by atoms with E-state index in [1.54, 1.807) is 6.07 Å². The average Bonchev–Trinajstić information content (AvgIpc) is 3.18. The zero-order valence-corrected chi connectivity index (χ0v) is 23.3. The Balaban J connectivity index is 1.42. The van der Waals surface area contributed by atoms with Gasteiger partial charge in [-0.2, -0.15) is 0 Å². The van der Waals surface area contributed by atoms with Crippen LogP contribution in [0.1, 0.15) is 80.1 Å². The molecule has 2 aliphatic heterocycles. The molecule has 0 radical (unpaired) electrons. The first-order valence-electron chi connectivity index (χ1n) is 14.7. The van der Waals surface area contributed by atoms with E-state index in [1.807, 2.05) is 12.1 Å². The number of aromatic carboxylic acids is 1. The van der Waals surface area contributed by atoms with Crippen LogP contribution >= 0.6 is 11.6 Å². The summed E-state index contributed by atoms with van der Waals surface area (Å²) in [6.45, 7) is 8.64. The Morgan fingerprint density at radius 1 is 0.974 bits per heavy atom. The van der Waals surface area contributed by atoms with Crippen molar-refractivity contribution in [2.24, 2.45) is 5.92 Å². The van der Waals surface area contributed by atoms with Gasteiger partial charge in [-0.15, -0.1) is 0 Å². The van der Waals surface area contributed by atoms with E-state index < -0.39 is 5.97 Å². The highest BCUT2D eigenvalue weighted by atomic mass is 35.5. The lowest BCUT2D eigenvalue weighted by Gasteiger charge is -2.33. The van der Waals surface area contributed by atoms with Crippen LogP contribution in [0, 0.1) is 5.92 Å². The van der Waals surface area contributed by atoms with Crippen molar-refractivity contribution in [3.63, 3.8) is 0 Å². The van der Waals surface area contributed by atoms with Gasteiger partial charge in [0, 0.05) is 46.8 Å². The van der Waals surface area contributed by atoms with Crippen LogP contribution < -0.4 is 4.90 Å². The first-order chi connectivity index (χ1) is 18.5. The van der Waals surface area contributed by atoms with Crippen molar-refractivity contribution in [1.29, 1.82) is 0 Å². The molecule has 1 saturated carbocycles. The lowest BCUT2D eigenvalue weighted by Crippen LogP contribution is -2.35. The number of nitrogens with zero attached hydrogens (tertiary/aromatic N) is 3. The SMILES string of the molecule is CCN1CCC(CCN2CCn3c(c(C4CCCCC4)c4ccc(C(=O)O)cc43)-c3ccc(Cl)cc32)CC1. The van der Waals surface area contributed by atoms with Gasteiger partial charge in [-0.25, -0.2) is 4.79 Å². The molecule has 202 valence electrons. The lowest BCUT2D eigenvalue weighted by molar-refractivity contribution is 0.0697. The largest absolute Gasteiger partial charge is 0.478 e. The number of likely N-dealkylation sites (tertiary alicyclic amines) is 1. The number of hydrogen-bond donors (Lipinski definition) is 1. The predicted molar refractivity (Wildman–Crippen MR) is 157 cm³/mol. The molecule has 3 aromatic rings. The zero-order valence-electron chi connectivity index (χ0n) is 22.6. The van der Waals surface area contributed by atoms with Gasteiger partial charge in [0.2, 0.25) is 0 Å². The molecule has 0 unspecified atom stereocenters. The van der Waals surface area contributed by atoms with Crippen molar-refractivity contribution in [3.05, 3.63) is 52.5 Å².